The average Bonchev–Trinajstić information content (AvgIpc) is 3.62. The van der Waals surface area contributed by atoms with Crippen LogP contribution < -0.4 is 4.74 Å². The molecule has 1 heterocycles. The molecule has 0 N–H and O–H groups in total. The summed E-state index contributed by atoms with van der Waals surface area (Å²) in [6.07, 6.45) is 20.5. The van der Waals surface area contributed by atoms with Crippen molar-refractivity contribution in [1.82, 2.24) is 9.78 Å². The van der Waals surface area contributed by atoms with Crippen LogP contribution in [0.3, 0.4) is 0 Å². The summed E-state index contributed by atoms with van der Waals surface area (Å²) in [5.41, 5.74) is 7.42. The summed E-state index contributed by atoms with van der Waals surface area (Å²) in [5.74, 6) is 2.21. The molecule has 6 rings (SSSR count). The van der Waals surface area contributed by atoms with E-state index in [2.05, 4.69) is 72.8 Å². The van der Waals surface area contributed by atoms with Gasteiger partial charge in [0.05, 0.1) is 25.0 Å². The molecule has 164 valence electrons. The summed E-state index contributed by atoms with van der Waals surface area (Å²) >= 11 is 0. The van der Waals surface area contributed by atoms with Gasteiger partial charge in [-0.1, -0.05) is 42.5 Å². The van der Waals surface area contributed by atoms with Gasteiger partial charge in [-0.2, -0.15) is 5.10 Å². The van der Waals surface area contributed by atoms with E-state index in [1.807, 2.05) is 38.2 Å². The predicted molar refractivity (Wildman–Crippen MR) is 128 cm³/mol. The number of aromatic nitrogens is 2. The molecule has 0 bridgehead atoms. The Hall–Kier alpha value is -2.03. The Balaban J connectivity index is 0.000000385. The van der Waals surface area contributed by atoms with Crippen molar-refractivity contribution < 1.29 is 21.8 Å². The molecule has 0 atom stereocenters. The third kappa shape index (κ3) is 5.23. The van der Waals surface area contributed by atoms with E-state index in [1.165, 1.54) is 33.9 Å². The van der Waals surface area contributed by atoms with E-state index in [0.29, 0.717) is 0 Å². The largest absolute Gasteiger partial charge is 2.00 e. The van der Waals surface area contributed by atoms with Gasteiger partial charge in [-0.15, -0.1) is 0 Å². The number of hydrogen-bond donors (Lipinski definition) is 0. The van der Waals surface area contributed by atoms with Gasteiger partial charge in [0.1, 0.15) is 5.75 Å². The zero-order valence-corrected chi connectivity index (χ0v) is 19.7. The third-order valence-corrected chi connectivity index (χ3v) is 5.95. The maximum Gasteiger partial charge on any atom is 2.00 e. The minimum Gasteiger partial charge on any atom is -0.496 e. The molecular formula is C29H26FeN2O+2. The minimum absolute atomic E-state index is 0. The van der Waals surface area contributed by atoms with Crippen molar-refractivity contribution in [1.29, 1.82) is 0 Å². The predicted octanol–water partition coefficient (Wildman–Crippen LogP) is 5.48. The molecule has 3 nitrogen and oxygen atoms in total. The Bertz CT molecular complexity index is 1030. The molecule has 0 unspecified atom stereocenters. The molecule has 10 radical (unpaired) electrons. The summed E-state index contributed by atoms with van der Waals surface area (Å²) in [6, 6.07) is 16.8. The monoisotopic (exact) mass is 474 g/mol. The fourth-order valence-electron chi connectivity index (χ4n) is 4.49. The van der Waals surface area contributed by atoms with E-state index in [-0.39, 0.29) is 17.1 Å². The van der Waals surface area contributed by atoms with Crippen LogP contribution in [0.1, 0.15) is 22.4 Å². The molecule has 4 heteroatoms. The molecule has 0 saturated heterocycles. The second-order valence-corrected chi connectivity index (χ2v) is 7.94. The number of methoxy groups -OCH3 is 1. The summed E-state index contributed by atoms with van der Waals surface area (Å²) in [5, 5.41) is 5.08. The Morgan fingerprint density at radius 3 is 2.12 bits per heavy atom. The molecule has 3 aromatic rings. The van der Waals surface area contributed by atoms with Gasteiger partial charge in [0.25, 0.3) is 0 Å². The van der Waals surface area contributed by atoms with Crippen LogP contribution in [0.2, 0.25) is 0 Å². The van der Waals surface area contributed by atoms with Crippen LogP contribution in [0.5, 0.6) is 5.75 Å². The van der Waals surface area contributed by atoms with Crippen molar-refractivity contribution in [2.75, 3.05) is 7.11 Å². The summed E-state index contributed by atoms with van der Waals surface area (Å²) in [6.45, 7) is 0.771. The van der Waals surface area contributed by atoms with E-state index in [1.54, 1.807) is 7.11 Å². The number of hydrogen-bond acceptors (Lipinski definition) is 2. The van der Waals surface area contributed by atoms with E-state index >= 15 is 0 Å². The van der Waals surface area contributed by atoms with Gasteiger partial charge in [0.2, 0.25) is 0 Å². The standard InChI is InChI=1S/C24H21N2O.C5H5.Fe/c1-27-22-13-7-12-20-19(22)14-15-21-23(20)25-26(16-17-8-3-2-4-9-17)24(21)18-10-5-6-11-18;1-2-4-5-3-1;/h2-13H,14-16H2,1H3;1-5H;/q;;+2. The molecule has 0 amide bonds. The van der Waals surface area contributed by atoms with Crippen molar-refractivity contribution in [3.8, 4) is 17.0 Å². The summed E-state index contributed by atoms with van der Waals surface area (Å²) in [4.78, 5) is 0. The molecule has 3 aliphatic carbocycles. The average molecular weight is 474 g/mol. The van der Waals surface area contributed by atoms with Crippen molar-refractivity contribution >= 4 is 0 Å². The van der Waals surface area contributed by atoms with Crippen LogP contribution in [0.4, 0.5) is 0 Å². The molecule has 2 aromatic carbocycles. The number of benzene rings is 2. The molecule has 2 saturated carbocycles. The molecule has 2 fully saturated rings. The number of nitrogens with zero attached hydrogens (tertiary/aromatic N) is 2. The van der Waals surface area contributed by atoms with Crippen LogP contribution in [0, 0.1) is 63.7 Å². The van der Waals surface area contributed by atoms with Crippen LogP contribution in [-0.2, 0) is 36.5 Å². The van der Waals surface area contributed by atoms with Crippen molar-refractivity contribution in [2.24, 2.45) is 0 Å². The van der Waals surface area contributed by atoms with E-state index < -0.39 is 0 Å². The first kappa shape index (κ1) is 24.1. The van der Waals surface area contributed by atoms with E-state index in [4.69, 9.17) is 9.84 Å². The van der Waals surface area contributed by atoms with Crippen LogP contribution in [-0.4, -0.2) is 16.9 Å². The first-order valence-electron chi connectivity index (χ1n) is 11.0. The van der Waals surface area contributed by atoms with Crippen molar-refractivity contribution in [3.63, 3.8) is 0 Å². The SMILES string of the molecule is COc1cccc2c1CCc1c-2nn(Cc2ccccc2)c1[C]1[CH][CH][CH][CH]1.[CH]1[CH][CH][CH][CH]1.[Fe+2]. The van der Waals surface area contributed by atoms with Gasteiger partial charge in [-0.05, 0) is 82.3 Å². The van der Waals surface area contributed by atoms with Crippen molar-refractivity contribution in [2.45, 2.75) is 19.4 Å². The third-order valence-electron chi connectivity index (χ3n) is 5.95. The molecular weight excluding hydrogens is 448 g/mol. The van der Waals surface area contributed by atoms with Gasteiger partial charge in [0.15, 0.2) is 0 Å². The Labute approximate surface area is 209 Å². The van der Waals surface area contributed by atoms with Crippen molar-refractivity contribution in [3.05, 3.63) is 135 Å². The fraction of sp³-hybridized carbons (Fsp3) is 0.138. The molecule has 33 heavy (non-hydrogen) atoms. The smallest absolute Gasteiger partial charge is 0.496 e. The minimum atomic E-state index is 0. The number of fused-ring (bicyclic) bond motifs is 3. The molecule has 3 aliphatic rings. The van der Waals surface area contributed by atoms with E-state index in [9.17, 15) is 0 Å². The normalized spacial score (nSPS) is 16.9. The first-order chi connectivity index (χ1) is 15.8. The van der Waals surface area contributed by atoms with Gasteiger partial charge < -0.3 is 4.74 Å². The van der Waals surface area contributed by atoms with Gasteiger partial charge in [-0.25, -0.2) is 0 Å². The summed E-state index contributed by atoms with van der Waals surface area (Å²) < 4.78 is 7.77. The molecule has 0 spiro atoms. The van der Waals surface area contributed by atoms with Crippen LogP contribution in [0.25, 0.3) is 11.3 Å². The first-order valence-corrected chi connectivity index (χ1v) is 11.0. The second-order valence-electron chi connectivity index (χ2n) is 7.94. The van der Waals surface area contributed by atoms with Gasteiger partial charge in [-0.3, -0.25) is 4.68 Å². The maximum atomic E-state index is 5.60. The van der Waals surface area contributed by atoms with Gasteiger partial charge in [0, 0.05) is 22.6 Å². The van der Waals surface area contributed by atoms with Gasteiger partial charge >= 0.3 is 17.1 Å². The quantitative estimate of drug-likeness (QED) is 0.469. The second kappa shape index (κ2) is 11.4. The number of ether oxygens (including phenoxy) is 1. The van der Waals surface area contributed by atoms with Crippen LogP contribution in [0.15, 0.2) is 48.5 Å². The Morgan fingerprint density at radius 1 is 0.788 bits per heavy atom. The Kier molecular flexibility index (Phi) is 8.33. The van der Waals surface area contributed by atoms with E-state index in [0.717, 1.165) is 30.8 Å². The zero-order valence-electron chi connectivity index (χ0n) is 18.6. The summed E-state index contributed by atoms with van der Waals surface area (Å²) in [7, 11) is 1.74. The molecule has 1 aromatic heterocycles. The van der Waals surface area contributed by atoms with Crippen LogP contribution >= 0.6 is 0 Å². The molecule has 0 aliphatic heterocycles. The topological polar surface area (TPSA) is 27.1 Å². The zero-order chi connectivity index (χ0) is 21.8. The maximum absolute atomic E-state index is 5.60. The number of rotatable bonds is 4. The fourth-order valence-corrected chi connectivity index (χ4v) is 4.49. The Morgan fingerprint density at radius 2 is 1.45 bits per heavy atom.